The molecule has 1 saturated heterocycles. The molecule has 0 aliphatic carbocycles. The van der Waals surface area contributed by atoms with Crippen molar-refractivity contribution in [2.24, 2.45) is 5.92 Å². The normalized spacial score (nSPS) is 22.1. The molecule has 7 heteroatoms. The molecule has 1 aromatic heterocycles. The summed E-state index contributed by atoms with van der Waals surface area (Å²) in [6.45, 7) is 5.53. The van der Waals surface area contributed by atoms with E-state index >= 15 is 0 Å². The summed E-state index contributed by atoms with van der Waals surface area (Å²) >= 11 is 0. The molecule has 4 N–H and O–H groups in total. The van der Waals surface area contributed by atoms with Crippen molar-refractivity contribution in [3.63, 3.8) is 0 Å². The second kappa shape index (κ2) is 7.57. The highest BCUT2D eigenvalue weighted by atomic mass is 16.5. The van der Waals surface area contributed by atoms with E-state index in [0.29, 0.717) is 5.92 Å². The van der Waals surface area contributed by atoms with Gasteiger partial charge in [0.25, 0.3) is 0 Å². The first-order chi connectivity index (χ1) is 12.7. The van der Waals surface area contributed by atoms with Crippen LogP contribution in [0.4, 0.5) is 5.82 Å². The van der Waals surface area contributed by atoms with Crippen molar-refractivity contribution < 1.29 is 4.74 Å². The molecular formula is C19H26N6O. The van der Waals surface area contributed by atoms with Gasteiger partial charge in [0.1, 0.15) is 17.4 Å². The molecule has 0 radical (unpaired) electrons. The van der Waals surface area contributed by atoms with E-state index in [2.05, 4.69) is 43.6 Å². The lowest BCUT2D eigenvalue weighted by molar-refractivity contribution is 0.414. The summed E-state index contributed by atoms with van der Waals surface area (Å²) in [5, 5.41) is 6.98. The van der Waals surface area contributed by atoms with Crippen LogP contribution < -0.4 is 26.2 Å². The maximum atomic E-state index is 5.26. The number of aromatic nitrogens is 2. The van der Waals surface area contributed by atoms with Crippen LogP contribution in [0.25, 0.3) is 0 Å². The minimum atomic E-state index is 0.258. The van der Waals surface area contributed by atoms with Crippen LogP contribution in [-0.4, -0.2) is 36.7 Å². The zero-order valence-corrected chi connectivity index (χ0v) is 15.3. The number of nitrogens with zero attached hydrogens (tertiary/aromatic N) is 2. The first-order valence-corrected chi connectivity index (χ1v) is 9.18. The summed E-state index contributed by atoms with van der Waals surface area (Å²) in [5.74, 6) is 3.13. The summed E-state index contributed by atoms with van der Waals surface area (Å²) in [4.78, 5) is 9.24. The molecule has 2 aromatic rings. The summed E-state index contributed by atoms with van der Waals surface area (Å²) in [6, 6.07) is 8.53. The highest BCUT2D eigenvalue weighted by Crippen LogP contribution is 2.27. The van der Waals surface area contributed by atoms with Gasteiger partial charge in [-0.2, -0.15) is 0 Å². The van der Waals surface area contributed by atoms with Gasteiger partial charge in [0.05, 0.1) is 18.8 Å². The topological polar surface area (TPSA) is 83.1 Å². The van der Waals surface area contributed by atoms with E-state index in [9.17, 15) is 0 Å². The molecule has 1 fully saturated rings. The molecule has 2 atom stereocenters. The average molecular weight is 354 g/mol. The van der Waals surface area contributed by atoms with E-state index < -0.39 is 0 Å². The maximum absolute atomic E-state index is 5.26. The van der Waals surface area contributed by atoms with Crippen molar-refractivity contribution >= 4 is 5.82 Å². The number of ether oxygens (including phenoxy) is 1. The number of hydrogen-bond donors (Lipinski definition) is 4. The Morgan fingerprint density at radius 3 is 2.88 bits per heavy atom. The number of hydrazine groups is 1. The van der Waals surface area contributed by atoms with Crippen LogP contribution in [0, 0.1) is 12.8 Å². The number of aryl methyl sites for hydroxylation is 1. The van der Waals surface area contributed by atoms with E-state index in [1.807, 2.05) is 19.1 Å². The third-order valence-electron chi connectivity index (χ3n) is 5.15. The first kappa shape index (κ1) is 17.2. The summed E-state index contributed by atoms with van der Waals surface area (Å²) in [5.41, 5.74) is 10.3. The minimum Gasteiger partial charge on any atom is -0.497 e. The second-order valence-electron chi connectivity index (χ2n) is 6.89. The molecule has 26 heavy (non-hydrogen) atoms. The Hall–Kier alpha value is -2.22. The Labute approximate surface area is 153 Å². The summed E-state index contributed by atoms with van der Waals surface area (Å²) in [7, 11) is 1.69. The number of hydrogen-bond acceptors (Lipinski definition) is 7. The third-order valence-corrected chi connectivity index (χ3v) is 5.15. The average Bonchev–Trinajstić information content (AvgIpc) is 3.14. The van der Waals surface area contributed by atoms with E-state index in [4.69, 9.17) is 4.74 Å². The Balaban J connectivity index is 1.48. The highest BCUT2D eigenvalue weighted by Gasteiger charge is 2.28. The van der Waals surface area contributed by atoms with Gasteiger partial charge in [-0.3, -0.25) is 5.43 Å². The molecule has 0 amide bonds. The van der Waals surface area contributed by atoms with E-state index in [1.165, 1.54) is 11.1 Å². The Morgan fingerprint density at radius 1 is 1.23 bits per heavy atom. The van der Waals surface area contributed by atoms with Gasteiger partial charge in [0, 0.05) is 31.1 Å². The number of fused-ring (bicyclic) bond motifs is 1. The fourth-order valence-corrected chi connectivity index (χ4v) is 3.75. The molecule has 2 unspecified atom stereocenters. The molecular weight excluding hydrogens is 328 g/mol. The number of rotatable bonds is 5. The van der Waals surface area contributed by atoms with E-state index in [0.717, 1.165) is 55.7 Å². The predicted molar refractivity (Wildman–Crippen MR) is 101 cm³/mol. The van der Waals surface area contributed by atoms with E-state index in [-0.39, 0.29) is 6.04 Å². The Kier molecular flexibility index (Phi) is 5.01. The van der Waals surface area contributed by atoms with Crippen LogP contribution in [0.3, 0.4) is 0 Å². The minimum absolute atomic E-state index is 0.258. The first-order valence-electron chi connectivity index (χ1n) is 9.18. The maximum Gasteiger partial charge on any atom is 0.133 e. The summed E-state index contributed by atoms with van der Waals surface area (Å²) in [6.07, 6.45) is 0.973. The predicted octanol–water partition coefficient (Wildman–Crippen LogP) is 1.32. The van der Waals surface area contributed by atoms with Crippen molar-refractivity contribution in [3.05, 3.63) is 46.9 Å². The van der Waals surface area contributed by atoms with Crippen LogP contribution in [0.5, 0.6) is 5.75 Å². The van der Waals surface area contributed by atoms with E-state index in [1.54, 1.807) is 7.11 Å². The van der Waals surface area contributed by atoms with Crippen molar-refractivity contribution in [2.45, 2.75) is 25.9 Å². The van der Waals surface area contributed by atoms with Crippen LogP contribution in [-0.2, 0) is 13.0 Å². The monoisotopic (exact) mass is 354 g/mol. The van der Waals surface area contributed by atoms with Gasteiger partial charge in [0.2, 0.25) is 0 Å². The largest absolute Gasteiger partial charge is 0.497 e. The van der Waals surface area contributed by atoms with Gasteiger partial charge in [0.15, 0.2) is 0 Å². The lowest BCUT2D eigenvalue weighted by Crippen LogP contribution is -2.28. The van der Waals surface area contributed by atoms with Crippen LogP contribution in [0.2, 0.25) is 0 Å². The number of nitrogens with one attached hydrogen (secondary N) is 4. The highest BCUT2D eigenvalue weighted by molar-refractivity contribution is 5.48. The lowest BCUT2D eigenvalue weighted by Gasteiger charge is -2.23. The fourth-order valence-electron chi connectivity index (χ4n) is 3.75. The molecule has 138 valence electrons. The number of anilines is 1. The van der Waals surface area contributed by atoms with Crippen molar-refractivity contribution in [1.29, 1.82) is 0 Å². The van der Waals surface area contributed by atoms with Gasteiger partial charge in [-0.15, -0.1) is 0 Å². The van der Waals surface area contributed by atoms with Crippen molar-refractivity contribution in [3.8, 4) is 5.75 Å². The molecule has 2 aliphatic heterocycles. The van der Waals surface area contributed by atoms with Crippen LogP contribution in [0.15, 0.2) is 24.3 Å². The van der Waals surface area contributed by atoms with Gasteiger partial charge in [-0.05, 0) is 37.6 Å². The SMILES string of the molecule is COc1ccc(C2NNCC2CNc2nc(C)nc3c2CCNC3)cc1. The fraction of sp³-hybridized carbons (Fsp3) is 0.474. The molecule has 4 rings (SSSR count). The number of methoxy groups -OCH3 is 1. The number of benzene rings is 1. The van der Waals surface area contributed by atoms with Gasteiger partial charge < -0.3 is 15.4 Å². The van der Waals surface area contributed by atoms with Crippen molar-refractivity contribution in [2.75, 3.05) is 32.1 Å². The quantitative estimate of drug-likeness (QED) is 0.644. The van der Waals surface area contributed by atoms with Crippen molar-refractivity contribution in [1.82, 2.24) is 26.1 Å². The van der Waals surface area contributed by atoms with Crippen LogP contribution in [0.1, 0.15) is 28.7 Å². The smallest absolute Gasteiger partial charge is 0.133 e. The lowest BCUT2D eigenvalue weighted by atomic mass is 9.94. The molecule has 2 aliphatic rings. The zero-order valence-electron chi connectivity index (χ0n) is 15.3. The molecule has 7 nitrogen and oxygen atoms in total. The standard InChI is InChI=1S/C19H26N6O/c1-12-23-17-11-20-8-7-16(17)19(24-12)21-9-14-10-22-25-18(14)13-3-5-15(26-2)6-4-13/h3-6,14,18,20,22,25H,7-11H2,1-2H3,(H,21,23,24). The molecule has 0 bridgehead atoms. The summed E-state index contributed by atoms with van der Waals surface area (Å²) < 4.78 is 5.26. The Morgan fingerprint density at radius 2 is 2.08 bits per heavy atom. The van der Waals surface area contributed by atoms with Gasteiger partial charge in [-0.1, -0.05) is 12.1 Å². The molecule has 0 spiro atoms. The zero-order chi connectivity index (χ0) is 17.9. The Bertz CT molecular complexity index is 763. The molecule has 1 aromatic carbocycles. The van der Waals surface area contributed by atoms with Gasteiger partial charge in [-0.25, -0.2) is 15.4 Å². The molecule has 3 heterocycles. The van der Waals surface area contributed by atoms with Gasteiger partial charge >= 0.3 is 0 Å². The third kappa shape index (κ3) is 3.51. The molecule has 0 saturated carbocycles. The van der Waals surface area contributed by atoms with Crippen LogP contribution >= 0.6 is 0 Å². The second-order valence-corrected chi connectivity index (χ2v) is 6.89.